The molecule has 2 aromatic carbocycles. The van der Waals surface area contributed by atoms with Crippen molar-refractivity contribution in [1.29, 1.82) is 0 Å². The molecule has 0 saturated carbocycles. The van der Waals surface area contributed by atoms with Crippen LogP contribution in [-0.4, -0.2) is 37.4 Å². The number of rotatable bonds is 7. The lowest BCUT2D eigenvalue weighted by Crippen LogP contribution is -2.36. The van der Waals surface area contributed by atoms with Crippen molar-refractivity contribution in [2.24, 2.45) is 0 Å². The Morgan fingerprint density at radius 3 is 2.59 bits per heavy atom. The highest BCUT2D eigenvalue weighted by molar-refractivity contribution is 6.31. The second kappa shape index (κ2) is 10.1. The van der Waals surface area contributed by atoms with E-state index in [2.05, 4.69) is 15.4 Å². The lowest BCUT2D eigenvalue weighted by Gasteiger charge is -2.30. The molecular weight excluding hydrogens is 430 g/mol. The highest BCUT2D eigenvalue weighted by Crippen LogP contribution is 2.30. The lowest BCUT2D eigenvalue weighted by atomic mass is 10.1. The Bertz CT molecular complexity index is 1060. The van der Waals surface area contributed by atoms with Crippen LogP contribution in [0.15, 0.2) is 47.0 Å². The van der Waals surface area contributed by atoms with E-state index >= 15 is 0 Å². The van der Waals surface area contributed by atoms with Crippen LogP contribution in [0.4, 0.5) is 11.4 Å². The van der Waals surface area contributed by atoms with Gasteiger partial charge in [-0.3, -0.25) is 4.79 Å². The Labute approximate surface area is 192 Å². The molecule has 4 rings (SSSR count). The third-order valence-corrected chi connectivity index (χ3v) is 5.67. The smallest absolute Gasteiger partial charge is 0.228 e. The van der Waals surface area contributed by atoms with E-state index in [1.54, 1.807) is 6.07 Å². The molecular formula is C24H26ClN3O4. The highest BCUT2D eigenvalue weighted by Gasteiger charge is 2.17. The van der Waals surface area contributed by atoms with E-state index in [1.165, 1.54) is 0 Å². The van der Waals surface area contributed by atoms with Crippen molar-refractivity contribution >= 4 is 28.9 Å². The number of carbonyl (C=O) groups excluding carboxylic acids is 1. The topological polar surface area (TPSA) is 76.8 Å². The summed E-state index contributed by atoms with van der Waals surface area (Å²) in [6.45, 7) is 7.04. The molecule has 1 aromatic heterocycles. The van der Waals surface area contributed by atoms with Crippen LogP contribution in [0.3, 0.4) is 0 Å². The number of hydrogen-bond donors (Lipinski definition) is 1. The fourth-order valence-corrected chi connectivity index (χ4v) is 3.81. The summed E-state index contributed by atoms with van der Waals surface area (Å²) in [7, 11) is 0. The van der Waals surface area contributed by atoms with Crippen molar-refractivity contribution in [1.82, 2.24) is 5.16 Å². The predicted molar refractivity (Wildman–Crippen MR) is 124 cm³/mol. The fourth-order valence-electron chi connectivity index (χ4n) is 3.64. The van der Waals surface area contributed by atoms with Gasteiger partial charge < -0.3 is 24.2 Å². The molecule has 0 radical (unpaired) electrons. The SMILES string of the molecule is Cc1noc(C)c1COc1ccc(CC(=O)Nc2cc(Cl)ccc2N2CCOCC2)cc1. The first-order valence-corrected chi connectivity index (χ1v) is 10.9. The minimum absolute atomic E-state index is 0.105. The van der Waals surface area contributed by atoms with Gasteiger partial charge in [0.2, 0.25) is 5.91 Å². The van der Waals surface area contributed by atoms with Crippen LogP contribution in [0.5, 0.6) is 5.75 Å². The summed E-state index contributed by atoms with van der Waals surface area (Å²) in [6, 6.07) is 13.1. The van der Waals surface area contributed by atoms with E-state index in [4.69, 9.17) is 25.6 Å². The van der Waals surface area contributed by atoms with Crippen LogP contribution in [-0.2, 0) is 22.6 Å². The van der Waals surface area contributed by atoms with Gasteiger partial charge in [-0.05, 0) is 49.7 Å². The molecule has 1 saturated heterocycles. The number of morpholine rings is 1. The summed E-state index contributed by atoms with van der Waals surface area (Å²) in [6.07, 6.45) is 0.249. The first-order valence-electron chi connectivity index (χ1n) is 10.5. The molecule has 1 aliphatic rings. The summed E-state index contributed by atoms with van der Waals surface area (Å²) in [4.78, 5) is 14.9. The number of carbonyl (C=O) groups is 1. The monoisotopic (exact) mass is 455 g/mol. The molecule has 0 unspecified atom stereocenters. The van der Waals surface area contributed by atoms with Crippen LogP contribution in [0.2, 0.25) is 5.02 Å². The second-order valence-corrected chi connectivity index (χ2v) is 8.16. The summed E-state index contributed by atoms with van der Waals surface area (Å²) in [5.74, 6) is 1.37. The molecule has 2 heterocycles. The molecule has 0 atom stereocenters. The van der Waals surface area contributed by atoms with Crippen molar-refractivity contribution in [3.05, 3.63) is 70.1 Å². The largest absolute Gasteiger partial charge is 0.489 e. The van der Waals surface area contributed by atoms with Gasteiger partial charge in [0, 0.05) is 18.1 Å². The molecule has 1 fully saturated rings. The van der Waals surface area contributed by atoms with Gasteiger partial charge in [0.05, 0.1) is 42.3 Å². The third kappa shape index (κ3) is 5.41. The number of nitrogens with zero attached hydrogens (tertiary/aromatic N) is 2. The Hall–Kier alpha value is -3.03. The number of aromatic nitrogens is 1. The Morgan fingerprint density at radius 2 is 1.91 bits per heavy atom. The molecule has 3 aromatic rings. The molecule has 1 amide bonds. The first-order chi connectivity index (χ1) is 15.5. The van der Waals surface area contributed by atoms with Crippen molar-refractivity contribution < 1.29 is 18.8 Å². The normalized spacial score (nSPS) is 13.8. The molecule has 0 aliphatic carbocycles. The van der Waals surface area contributed by atoms with Crippen molar-refractivity contribution in [2.75, 3.05) is 36.5 Å². The van der Waals surface area contributed by atoms with Crippen LogP contribution < -0.4 is 15.0 Å². The minimum Gasteiger partial charge on any atom is -0.489 e. The maximum atomic E-state index is 12.7. The molecule has 7 nitrogen and oxygen atoms in total. The number of nitrogens with one attached hydrogen (secondary N) is 1. The summed E-state index contributed by atoms with van der Waals surface area (Å²) in [5, 5.41) is 7.53. The van der Waals surface area contributed by atoms with E-state index in [-0.39, 0.29) is 12.3 Å². The summed E-state index contributed by atoms with van der Waals surface area (Å²) in [5.41, 5.74) is 4.33. The molecule has 1 aliphatic heterocycles. The van der Waals surface area contributed by atoms with E-state index in [0.717, 1.165) is 47.1 Å². The molecule has 0 bridgehead atoms. The van der Waals surface area contributed by atoms with Crippen molar-refractivity contribution in [3.63, 3.8) is 0 Å². The van der Waals surface area contributed by atoms with Crippen LogP contribution in [0.25, 0.3) is 0 Å². The zero-order valence-electron chi connectivity index (χ0n) is 18.2. The van der Waals surface area contributed by atoms with Gasteiger partial charge in [0.1, 0.15) is 18.1 Å². The van der Waals surface area contributed by atoms with E-state index < -0.39 is 0 Å². The molecule has 1 N–H and O–H groups in total. The number of amides is 1. The van der Waals surface area contributed by atoms with Gasteiger partial charge >= 0.3 is 0 Å². The number of halogens is 1. The van der Waals surface area contributed by atoms with Gasteiger partial charge in [-0.25, -0.2) is 0 Å². The Balaban J connectivity index is 1.37. The van der Waals surface area contributed by atoms with Gasteiger partial charge in [0.15, 0.2) is 0 Å². The van der Waals surface area contributed by atoms with Crippen molar-refractivity contribution in [2.45, 2.75) is 26.9 Å². The standard InChI is InChI=1S/C24H26ClN3O4/c1-16-21(17(2)32-27-16)15-31-20-6-3-18(4-7-20)13-24(29)26-22-14-19(25)5-8-23(22)28-9-11-30-12-10-28/h3-8,14H,9-13,15H2,1-2H3,(H,26,29). The Morgan fingerprint density at radius 1 is 1.16 bits per heavy atom. The molecule has 0 spiro atoms. The first kappa shape index (κ1) is 22.2. The van der Waals surface area contributed by atoms with Gasteiger partial charge in [-0.15, -0.1) is 0 Å². The molecule has 8 heteroatoms. The quantitative estimate of drug-likeness (QED) is 0.563. The Kier molecular flexibility index (Phi) is 6.97. The number of ether oxygens (including phenoxy) is 2. The molecule has 168 valence electrons. The third-order valence-electron chi connectivity index (χ3n) is 5.44. The van der Waals surface area contributed by atoms with E-state index in [0.29, 0.717) is 30.5 Å². The second-order valence-electron chi connectivity index (χ2n) is 7.72. The van der Waals surface area contributed by atoms with Gasteiger partial charge in [-0.2, -0.15) is 0 Å². The molecule has 32 heavy (non-hydrogen) atoms. The lowest BCUT2D eigenvalue weighted by molar-refractivity contribution is -0.115. The van der Waals surface area contributed by atoms with Gasteiger partial charge in [-0.1, -0.05) is 28.9 Å². The fraction of sp³-hybridized carbons (Fsp3) is 0.333. The zero-order chi connectivity index (χ0) is 22.5. The van der Waals surface area contributed by atoms with E-state index in [9.17, 15) is 4.79 Å². The number of benzene rings is 2. The highest BCUT2D eigenvalue weighted by atomic mass is 35.5. The van der Waals surface area contributed by atoms with Crippen molar-refractivity contribution in [3.8, 4) is 5.75 Å². The van der Waals surface area contributed by atoms with Crippen LogP contribution in [0.1, 0.15) is 22.6 Å². The summed E-state index contributed by atoms with van der Waals surface area (Å²) >= 11 is 6.18. The number of anilines is 2. The average molecular weight is 456 g/mol. The predicted octanol–water partition coefficient (Wildman–Crippen LogP) is 4.54. The summed E-state index contributed by atoms with van der Waals surface area (Å²) < 4.78 is 16.4. The number of hydrogen-bond acceptors (Lipinski definition) is 6. The maximum Gasteiger partial charge on any atom is 0.228 e. The van der Waals surface area contributed by atoms with E-state index in [1.807, 2.05) is 50.2 Å². The van der Waals surface area contributed by atoms with Crippen LogP contribution in [0, 0.1) is 13.8 Å². The van der Waals surface area contributed by atoms with Crippen LogP contribution >= 0.6 is 11.6 Å². The zero-order valence-corrected chi connectivity index (χ0v) is 18.9. The van der Waals surface area contributed by atoms with Gasteiger partial charge in [0.25, 0.3) is 0 Å². The number of aryl methyl sites for hydroxylation is 2. The minimum atomic E-state index is -0.105. The maximum absolute atomic E-state index is 12.7. The average Bonchev–Trinajstić information content (AvgIpc) is 3.11.